The van der Waals surface area contributed by atoms with E-state index in [0.29, 0.717) is 13.2 Å². The highest BCUT2D eigenvalue weighted by molar-refractivity contribution is 5.16. The second-order valence-corrected chi connectivity index (χ2v) is 7.08. The van der Waals surface area contributed by atoms with Gasteiger partial charge in [-0.15, -0.1) is 0 Å². The van der Waals surface area contributed by atoms with Gasteiger partial charge in [-0.2, -0.15) is 5.10 Å². The van der Waals surface area contributed by atoms with E-state index in [1.807, 2.05) is 29.1 Å². The summed E-state index contributed by atoms with van der Waals surface area (Å²) in [4.78, 5) is 2.36. The number of benzene rings is 1. The molecule has 2 aliphatic heterocycles. The average molecular weight is 345 g/mol. The van der Waals surface area contributed by atoms with Gasteiger partial charge in [0.15, 0.2) is 0 Å². The predicted molar refractivity (Wildman–Crippen MR) is 91.6 cm³/mol. The molecule has 25 heavy (non-hydrogen) atoms. The first-order chi connectivity index (χ1) is 12.2. The van der Waals surface area contributed by atoms with Crippen LogP contribution < -0.4 is 0 Å². The summed E-state index contributed by atoms with van der Waals surface area (Å²) in [6.07, 6.45) is 5.96. The highest BCUT2D eigenvalue weighted by Gasteiger charge is 2.43. The van der Waals surface area contributed by atoms with E-state index >= 15 is 0 Å². The molecule has 1 spiro atoms. The van der Waals surface area contributed by atoms with Crippen LogP contribution in [-0.4, -0.2) is 52.7 Å². The minimum atomic E-state index is -0.242. The van der Waals surface area contributed by atoms with Crippen molar-refractivity contribution in [2.75, 3.05) is 26.3 Å². The molecule has 1 aromatic carbocycles. The Morgan fingerprint density at radius 2 is 2.16 bits per heavy atom. The molecule has 0 radical (unpaired) electrons. The Balaban J connectivity index is 1.40. The maximum absolute atomic E-state index is 13.1. The molecular weight excluding hydrogens is 321 g/mol. The first kappa shape index (κ1) is 16.7. The van der Waals surface area contributed by atoms with Crippen molar-refractivity contribution in [2.24, 2.45) is 0 Å². The lowest BCUT2D eigenvalue weighted by molar-refractivity contribution is -0.0904. The van der Waals surface area contributed by atoms with Crippen LogP contribution in [0.3, 0.4) is 0 Å². The van der Waals surface area contributed by atoms with Crippen LogP contribution in [0.2, 0.25) is 0 Å². The third-order valence-electron chi connectivity index (χ3n) is 5.04. The summed E-state index contributed by atoms with van der Waals surface area (Å²) in [6.45, 7) is 4.64. The molecule has 0 bridgehead atoms. The molecule has 6 heteroatoms. The standard InChI is InChI=1S/C19H24FN3O2/c20-17-4-2-16(3-5-17)12-22-10-11-24-15-19(14-22)7-6-18(25-19)13-23-9-1-8-21-23/h1-5,8-9,18H,6-7,10-15H2/t18-,19-/m0/s1. The molecule has 4 rings (SSSR count). The highest BCUT2D eigenvalue weighted by Crippen LogP contribution is 2.34. The zero-order valence-corrected chi connectivity index (χ0v) is 14.3. The van der Waals surface area contributed by atoms with Crippen LogP contribution >= 0.6 is 0 Å². The number of rotatable bonds is 4. The third kappa shape index (κ3) is 4.08. The van der Waals surface area contributed by atoms with Gasteiger partial charge in [0, 0.05) is 32.0 Å². The Hall–Kier alpha value is -1.76. The van der Waals surface area contributed by atoms with Crippen molar-refractivity contribution < 1.29 is 13.9 Å². The fourth-order valence-corrected chi connectivity index (χ4v) is 3.83. The summed E-state index contributed by atoms with van der Waals surface area (Å²) in [7, 11) is 0. The lowest BCUT2D eigenvalue weighted by atomic mass is 10.00. The molecule has 0 aliphatic carbocycles. The summed E-state index contributed by atoms with van der Waals surface area (Å²) in [6, 6.07) is 8.68. The minimum absolute atomic E-state index is 0.175. The maximum Gasteiger partial charge on any atom is 0.123 e. The van der Waals surface area contributed by atoms with Gasteiger partial charge >= 0.3 is 0 Å². The van der Waals surface area contributed by atoms with Crippen molar-refractivity contribution in [3.8, 4) is 0 Å². The number of nitrogens with zero attached hydrogens (tertiary/aromatic N) is 3. The van der Waals surface area contributed by atoms with Gasteiger partial charge in [-0.1, -0.05) is 12.1 Å². The quantitative estimate of drug-likeness (QED) is 0.853. The van der Waals surface area contributed by atoms with Crippen LogP contribution in [0.1, 0.15) is 18.4 Å². The molecule has 1 aromatic heterocycles. The summed E-state index contributed by atoms with van der Waals surface area (Å²) in [5, 5.41) is 4.27. The van der Waals surface area contributed by atoms with Crippen LogP contribution in [0.5, 0.6) is 0 Å². The predicted octanol–water partition coefficient (Wildman–Crippen LogP) is 2.47. The smallest absolute Gasteiger partial charge is 0.123 e. The number of ether oxygens (including phenoxy) is 2. The molecule has 0 amide bonds. The van der Waals surface area contributed by atoms with Crippen LogP contribution in [0.15, 0.2) is 42.7 Å². The zero-order chi connectivity index (χ0) is 17.1. The molecule has 0 N–H and O–H groups in total. The third-order valence-corrected chi connectivity index (χ3v) is 5.04. The van der Waals surface area contributed by atoms with Gasteiger partial charge in [0.1, 0.15) is 11.4 Å². The molecule has 0 saturated carbocycles. The minimum Gasteiger partial charge on any atom is -0.377 e. The van der Waals surface area contributed by atoms with E-state index in [2.05, 4.69) is 10.00 Å². The molecular formula is C19H24FN3O2. The summed E-state index contributed by atoms with van der Waals surface area (Å²) >= 11 is 0. The van der Waals surface area contributed by atoms with Crippen molar-refractivity contribution in [3.05, 3.63) is 54.1 Å². The Morgan fingerprint density at radius 3 is 2.96 bits per heavy atom. The summed E-state index contributed by atoms with van der Waals surface area (Å²) in [5.74, 6) is -0.194. The normalized spacial score (nSPS) is 27.6. The number of aromatic nitrogens is 2. The van der Waals surface area contributed by atoms with E-state index < -0.39 is 0 Å². The molecule has 2 saturated heterocycles. The van der Waals surface area contributed by atoms with Gasteiger partial charge in [0.2, 0.25) is 0 Å². The number of hydrogen-bond acceptors (Lipinski definition) is 4. The number of hydrogen-bond donors (Lipinski definition) is 0. The van der Waals surface area contributed by atoms with Gasteiger partial charge in [-0.3, -0.25) is 9.58 Å². The summed E-state index contributed by atoms with van der Waals surface area (Å²) < 4.78 is 27.3. The highest BCUT2D eigenvalue weighted by atomic mass is 19.1. The molecule has 2 atom stereocenters. The first-order valence-corrected chi connectivity index (χ1v) is 8.91. The van der Waals surface area contributed by atoms with Crippen LogP contribution in [0, 0.1) is 5.82 Å². The zero-order valence-electron chi connectivity index (χ0n) is 14.3. The van der Waals surface area contributed by atoms with Crippen molar-refractivity contribution in [3.63, 3.8) is 0 Å². The largest absolute Gasteiger partial charge is 0.377 e. The molecule has 5 nitrogen and oxygen atoms in total. The first-order valence-electron chi connectivity index (χ1n) is 8.91. The fourth-order valence-electron chi connectivity index (χ4n) is 3.83. The van der Waals surface area contributed by atoms with Crippen LogP contribution in [0.25, 0.3) is 0 Å². The van der Waals surface area contributed by atoms with E-state index in [-0.39, 0.29) is 17.5 Å². The lowest BCUT2D eigenvalue weighted by Gasteiger charge is -2.32. The molecule has 2 aromatic rings. The van der Waals surface area contributed by atoms with E-state index in [0.717, 1.165) is 44.6 Å². The fraction of sp³-hybridized carbons (Fsp3) is 0.526. The Bertz CT molecular complexity index is 676. The lowest BCUT2D eigenvalue weighted by Crippen LogP contribution is -2.44. The molecule has 3 heterocycles. The van der Waals surface area contributed by atoms with Crippen molar-refractivity contribution in [2.45, 2.75) is 37.6 Å². The maximum atomic E-state index is 13.1. The van der Waals surface area contributed by atoms with Crippen molar-refractivity contribution in [1.82, 2.24) is 14.7 Å². The average Bonchev–Trinajstić information content (AvgIpc) is 3.20. The van der Waals surface area contributed by atoms with E-state index in [4.69, 9.17) is 9.47 Å². The van der Waals surface area contributed by atoms with Crippen molar-refractivity contribution in [1.29, 1.82) is 0 Å². The van der Waals surface area contributed by atoms with Gasteiger partial charge in [-0.05, 0) is 36.6 Å². The van der Waals surface area contributed by atoms with Crippen molar-refractivity contribution >= 4 is 0 Å². The second kappa shape index (κ2) is 7.23. The van der Waals surface area contributed by atoms with Gasteiger partial charge in [0.05, 0.1) is 25.9 Å². The topological polar surface area (TPSA) is 39.5 Å². The molecule has 0 unspecified atom stereocenters. The van der Waals surface area contributed by atoms with Crippen LogP contribution in [-0.2, 0) is 22.6 Å². The Labute approximate surface area is 147 Å². The van der Waals surface area contributed by atoms with E-state index in [1.54, 1.807) is 6.20 Å². The SMILES string of the molecule is Fc1ccc(CN2CCOC[C@]3(CC[C@@H](Cn4cccn4)O3)C2)cc1. The summed E-state index contributed by atoms with van der Waals surface area (Å²) in [5.41, 5.74) is 0.874. The van der Waals surface area contributed by atoms with Gasteiger partial charge in [-0.25, -0.2) is 4.39 Å². The number of halogens is 1. The Kier molecular flexibility index (Phi) is 4.83. The molecule has 134 valence electrons. The van der Waals surface area contributed by atoms with Crippen LogP contribution in [0.4, 0.5) is 4.39 Å². The second-order valence-electron chi connectivity index (χ2n) is 7.08. The van der Waals surface area contributed by atoms with E-state index in [9.17, 15) is 4.39 Å². The molecule has 2 aliphatic rings. The van der Waals surface area contributed by atoms with E-state index in [1.165, 1.54) is 12.1 Å². The van der Waals surface area contributed by atoms with Gasteiger partial charge < -0.3 is 9.47 Å². The monoisotopic (exact) mass is 345 g/mol. The Morgan fingerprint density at radius 1 is 1.28 bits per heavy atom. The molecule has 2 fully saturated rings. The van der Waals surface area contributed by atoms with Gasteiger partial charge in [0.25, 0.3) is 0 Å².